The van der Waals surface area contributed by atoms with Gasteiger partial charge in [-0.05, 0) is 87.1 Å². The topological polar surface area (TPSA) is 158 Å². The van der Waals surface area contributed by atoms with Gasteiger partial charge in [-0.1, -0.05) is 11.6 Å². The molecule has 5 atom stereocenters. The van der Waals surface area contributed by atoms with E-state index in [0.717, 1.165) is 28.8 Å². The zero-order valence-electron chi connectivity index (χ0n) is 36.5. The van der Waals surface area contributed by atoms with Crippen molar-refractivity contribution in [3.8, 4) is 5.69 Å². The van der Waals surface area contributed by atoms with E-state index in [4.69, 9.17) is 21.3 Å². The quantitative estimate of drug-likeness (QED) is 0.115. The maximum Gasteiger partial charge on any atom is 0.435 e. The highest BCUT2D eigenvalue weighted by Gasteiger charge is 2.68. The van der Waals surface area contributed by atoms with E-state index in [1.54, 1.807) is 6.07 Å². The molecule has 14 nitrogen and oxygen atoms in total. The fourth-order valence-corrected chi connectivity index (χ4v) is 11.4. The van der Waals surface area contributed by atoms with Crippen LogP contribution in [-0.4, -0.2) is 80.2 Å². The Bertz CT molecular complexity index is 3290. The first-order valence-electron chi connectivity index (χ1n) is 21.8. The number of hydrogen-bond acceptors (Lipinski definition) is 9. The predicted octanol–water partition coefficient (Wildman–Crippen LogP) is 8.27. The Labute approximate surface area is 394 Å². The van der Waals surface area contributed by atoms with Crippen LogP contribution >= 0.6 is 11.6 Å². The van der Waals surface area contributed by atoms with Crippen LogP contribution in [-0.2, 0) is 51.2 Å². The molecule has 2 saturated carbocycles. The maximum absolute atomic E-state index is 15.6. The van der Waals surface area contributed by atoms with Crippen molar-refractivity contribution < 1.29 is 61.9 Å². The largest absolute Gasteiger partial charge is 0.435 e. The lowest BCUT2D eigenvalue weighted by Gasteiger charge is -2.37. The molecule has 0 radical (unpaired) electrons. The molecule has 372 valence electrons. The molecular formula is C44H38ClF10N9O5S. The van der Waals surface area contributed by atoms with Gasteiger partial charge in [-0.15, -0.1) is 0 Å². The van der Waals surface area contributed by atoms with Gasteiger partial charge in [0.2, 0.25) is 15.9 Å². The molecular weight excluding hydrogens is 992 g/mol. The summed E-state index contributed by atoms with van der Waals surface area (Å²) in [6, 6.07) is 7.13. The Balaban J connectivity index is 1.19. The molecule has 1 aliphatic heterocycles. The van der Waals surface area contributed by atoms with E-state index in [1.807, 2.05) is 18.7 Å². The summed E-state index contributed by atoms with van der Waals surface area (Å²) >= 11 is 6.62. The minimum Gasteiger partial charge on any atom is -0.372 e. The van der Waals surface area contributed by atoms with Crippen molar-refractivity contribution in [1.82, 2.24) is 34.4 Å². The molecule has 10 rings (SSSR count). The molecule has 26 heteroatoms. The summed E-state index contributed by atoms with van der Waals surface area (Å²) < 4.78 is 183. The molecule has 3 fully saturated rings. The van der Waals surface area contributed by atoms with Crippen LogP contribution in [0.3, 0.4) is 0 Å². The standard InChI is InChI=1S/C44H38ClF10N9O5S/c1-19-15-61(16-20(2)69-19)24-3-6-26-30(13-24)57-40(64(41(26)66)32-8-7-29(45)35-36(32)63(18-42(48,49)50)59-39(35)60-70(67,68)25-4-5-25)31(11-21-9-22(46)12-23(47)10-21)56-33(65)17-62-38-34(37(58-62)44(53,54)55)27-14-28(27)43(38,51)52/h3,6-10,12-13,19-20,25,27-28,31H,4-5,11,14-18H2,1-2H3,(H,56,65)(H,59,60)/t19-,20+,27-,28+,31-/m0/s1. The van der Waals surface area contributed by atoms with Crippen LogP contribution in [0.5, 0.6) is 0 Å². The Morgan fingerprint density at radius 3 is 2.29 bits per heavy atom. The minimum atomic E-state index is -5.19. The number of halogens is 11. The molecule has 0 bridgehead atoms. The SMILES string of the molecule is C[C@@H]1CN(c2ccc3c(=O)n(-c4ccc(Cl)c5c(NS(=O)(=O)C6CC6)nn(CC(F)(F)F)c45)c([C@H](Cc4cc(F)cc(F)c4)NC(=O)Cn4nc(C(F)(F)F)c5c4C(F)(F)[C@@H]4C[C@H]54)nc3c2)C[C@H](C)O1. The third-order valence-corrected chi connectivity index (χ3v) is 14.9. The molecule has 4 aliphatic rings. The number of benzene rings is 3. The first kappa shape index (κ1) is 47.7. The molecule has 0 unspecified atom stereocenters. The van der Waals surface area contributed by atoms with E-state index >= 15 is 13.6 Å². The monoisotopic (exact) mass is 1030 g/mol. The lowest BCUT2D eigenvalue weighted by atomic mass is 10.0. The number of carbonyl (C=O) groups is 1. The lowest BCUT2D eigenvalue weighted by Crippen LogP contribution is -2.45. The molecule has 1 saturated heterocycles. The van der Waals surface area contributed by atoms with Crippen molar-refractivity contribution in [2.75, 3.05) is 22.7 Å². The summed E-state index contributed by atoms with van der Waals surface area (Å²) in [5, 5.41) is 8.12. The summed E-state index contributed by atoms with van der Waals surface area (Å²) in [5.74, 6) is -11.1. The smallest absolute Gasteiger partial charge is 0.372 e. The summed E-state index contributed by atoms with van der Waals surface area (Å²) in [6.45, 7) is 1.31. The van der Waals surface area contributed by atoms with Gasteiger partial charge >= 0.3 is 12.4 Å². The van der Waals surface area contributed by atoms with Crippen molar-refractivity contribution in [2.45, 2.75) is 100 Å². The number of anilines is 2. The normalized spacial score (nSPS) is 21.5. The number of nitrogens with one attached hydrogen (secondary N) is 2. The summed E-state index contributed by atoms with van der Waals surface area (Å²) in [4.78, 5) is 36.2. The molecule has 3 aromatic heterocycles. The summed E-state index contributed by atoms with van der Waals surface area (Å²) in [5.41, 5.74) is -5.26. The molecule has 3 aliphatic carbocycles. The van der Waals surface area contributed by atoms with E-state index in [1.165, 1.54) is 12.1 Å². The number of alkyl halides is 8. The number of ether oxygens (including phenoxy) is 1. The Morgan fingerprint density at radius 2 is 1.64 bits per heavy atom. The number of rotatable bonds is 12. The van der Waals surface area contributed by atoms with Crippen LogP contribution in [0, 0.1) is 17.6 Å². The average Bonchev–Trinajstić information content (AvgIpc) is 4.16. The first-order valence-corrected chi connectivity index (χ1v) is 23.7. The van der Waals surface area contributed by atoms with Gasteiger partial charge in [0.05, 0.1) is 56.0 Å². The zero-order valence-corrected chi connectivity index (χ0v) is 38.0. The van der Waals surface area contributed by atoms with Crippen molar-refractivity contribution in [2.24, 2.45) is 5.92 Å². The highest BCUT2D eigenvalue weighted by molar-refractivity contribution is 7.93. The predicted molar refractivity (Wildman–Crippen MR) is 232 cm³/mol. The minimum absolute atomic E-state index is 0.0734. The van der Waals surface area contributed by atoms with E-state index in [-0.39, 0.29) is 57.6 Å². The van der Waals surface area contributed by atoms with Crippen LogP contribution < -0.4 is 20.5 Å². The van der Waals surface area contributed by atoms with Crippen molar-refractivity contribution >= 4 is 60.8 Å². The second-order valence-electron chi connectivity index (χ2n) is 18.2. The zero-order chi connectivity index (χ0) is 50.1. The van der Waals surface area contributed by atoms with Gasteiger partial charge < -0.3 is 15.0 Å². The molecule has 3 aromatic carbocycles. The van der Waals surface area contributed by atoms with Gasteiger partial charge in [-0.25, -0.2) is 22.2 Å². The molecule has 2 N–H and O–H groups in total. The second-order valence-corrected chi connectivity index (χ2v) is 20.5. The second kappa shape index (κ2) is 16.6. The van der Waals surface area contributed by atoms with Gasteiger partial charge in [0.1, 0.15) is 36.2 Å². The Kier molecular flexibility index (Phi) is 11.3. The molecule has 4 heterocycles. The number of hydrogen-bond donors (Lipinski definition) is 2. The van der Waals surface area contributed by atoms with Crippen LogP contribution in [0.15, 0.2) is 53.3 Å². The Morgan fingerprint density at radius 1 is 0.957 bits per heavy atom. The van der Waals surface area contributed by atoms with Gasteiger partial charge in [-0.2, -0.15) is 45.3 Å². The average molecular weight is 1030 g/mol. The number of morpholine rings is 1. The summed E-state index contributed by atoms with van der Waals surface area (Å²) in [6.07, 6.45) is -11.1. The number of carbonyl (C=O) groups excluding carboxylic acids is 1. The molecule has 6 aromatic rings. The van der Waals surface area contributed by atoms with Crippen LogP contribution in [0.2, 0.25) is 5.02 Å². The number of sulfonamides is 1. The Hall–Kier alpha value is -5.95. The molecule has 70 heavy (non-hydrogen) atoms. The van der Waals surface area contributed by atoms with Gasteiger partial charge in [0.15, 0.2) is 11.5 Å². The van der Waals surface area contributed by atoms with Crippen LogP contribution in [0.25, 0.3) is 27.5 Å². The highest BCUT2D eigenvalue weighted by atomic mass is 35.5. The van der Waals surface area contributed by atoms with Gasteiger partial charge in [-0.3, -0.25) is 28.2 Å². The van der Waals surface area contributed by atoms with Crippen molar-refractivity contribution in [3.05, 3.63) is 104 Å². The number of amides is 1. The van der Waals surface area contributed by atoms with Crippen molar-refractivity contribution in [3.63, 3.8) is 0 Å². The number of nitrogens with zero attached hydrogens (tertiary/aromatic N) is 7. The molecule has 0 spiro atoms. The van der Waals surface area contributed by atoms with Gasteiger partial charge in [0, 0.05) is 42.7 Å². The first-order chi connectivity index (χ1) is 32.8. The maximum atomic E-state index is 15.6. The number of aromatic nitrogens is 6. The van der Waals surface area contributed by atoms with Gasteiger partial charge in [0.25, 0.3) is 11.5 Å². The van der Waals surface area contributed by atoms with E-state index in [0.29, 0.717) is 29.5 Å². The van der Waals surface area contributed by atoms with E-state index in [9.17, 15) is 48.3 Å². The highest BCUT2D eigenvalue weighted by Crippen LogP contribution is 2.68. The third-order valence-electron chi connectivity index (χ3n) is 12.8. The summed E-state index contributed by atoms with van der Waals surface area (Å²) in [7, 11) is -4.22. The van der Waals surface area contributed by atoms with E-state index in [2.05, 4.69) is 20.2 Å². The van der Waals surface area contributed by atoms with E-state index < -0.39 is 139 Å². The number of fused-ring (bicyclic) bond motifs is 5. The molecule has 1 amide bonds. The fraction of sp³-hybridized carbons (Fsp3) is 0.432. The van der Waals surface area contributed by atoms with Crippen LogP contribution in [0.1, 0.15) is 73.4 Å². The van der Waals surface area contributed by atoms with Crippen molar-refractivity contribution in [1.29, 1.82) is 0 Å². The van der Waals surface area contributed by atoms with Crippen LogP contribution in [0.4, 0.5) is 55.4 Å². The lowest BCUT2D eigenvalue weighted by molar-refractivity contribution is -0.142. The third kappa shape index (κ3) is 8.70. The fourth-order valence-electron chi connectivity index (χ4n) is 9.78.